The van der Waals surface area contributed by atoms with E-state index in [9.17, 15) is 22.8 Å². The standard InChI is InChI=1S/C12H12F3NO3/c1-7(16-11(18)12(13,14)15)8-3-5-9(6-4-8)10(17)19-2/h3-7H,1-2H3,(H,16,18). The van der Waals surface area contributed by atoms with E-state index in [1.807, 2.05) is 5.32 Å². The van der Waals surface area contributed by atoms with Gasteiger partial charge in [0.2, 0.25) is 0 Å². The smallest absolute Gasteiger partial charge is 0.465 e. The van der Waals surface area contributed by atoms with Crippen molar-refractivity contribution in [3.05, 3.63) is 35.4 Å². The van der Waals surface area contributed by atoms with Gasteiger partial charge in [0, 0.05) is 0 Å². The van der Waals surface area contributed by atoms with Crippen LogP contribution in [0.3, 0.4) is 0 Å². The minimum atomic E-state index is -4.92. The lowest BCUT2D eigenvalue weighted by Crippen LogP contribution is -2.38. The van der Waals surface area contributed by atoms with Gasteiger partial charge in [-0.25, -0.2) is 4.79 Å². The molecular weight excluding hydrogens is 263 g/mol. The van der Waals surface area contributed by atoms with Gasteiger partial charge in [0.15, 0.2) is 0 Å². The number of halogens is 3. The Hall–Kier alpha value is -2.05. The van der Waals surface area contributed by atoms with Gasteiger partial charge < -0.3 is 10.1 Å². The van der Waals surface area contributed by atoms with Gasteiger partial charge in [-0.05, 0) is 24.6 Å². The lowest BCUT2D eigenvalue weighted by atomic mass is 10.1. The zero-order chi connectivity index (χ0) is 14.6. The number of nitrogens with one attached hydrogen (secondary N) is 1. The fourth-order valence-corrected chi connectivity index (χ4v) is 1.39. The first-order chi connectivity index (χ1) is 8.75. The van der Waals surface area contributed by atoms with Crippen molar-refractivity contribution in [3.63, 3.8) is 0 Å². The number of hydrogen-bond donors (Lipinski definition) is 1. The molecule has 0 fully saturated rings. The summed E-state index contributed by atoms with van der Waals surface area (Å²) in [5.74, 6) is -2.55. The van der Waals surface area contributed by atoms with Gasteiger partial charge in [-0.15, -0.1) is 0 Å². The van der Waals surface area contributed by atoms with Crippen LogP contribution in [0.25, 0.3) is 0 Å². The third kappa shape index (κ3) is 3.97. The molecule has 1 amide bonds. The molecule has 1 aromatic rings. The summed E-state index contributed by atoms with van der Waals surface area (Å²) in [5, 5.41) is 1.82. The molecule has 19 heavy (non-hydrogen) atoms. The van der Waals surface area contributed by atoms with Crippen LogP contribution < -0.4 is 5.32 Å². The number of amides is 1. The summed E-state index contributed by atoms with van der Waals surface area (Å²) in [4.78, 5) is 21.9. The first-order valence-electron chi connectivity index (χ1n) is 5.31. The topological polar surface area (TPSA) is 55.4 Å². The van der Waals surface area contributed by atoms with Crippen molar-refractivity contribution >= 4 is 11.9 Å². The highest BCUT2D eigenvalue weighted by Gasteiger charge is 2.39. The van der Waals surface area contributed by atoms with Gasteiger partial charge in [-0.3, -0.25) is 4.79 Å². The molecule has 1 N–H and O–H groups in total. The molecule has 1 unspecified atom stereocenters. The first kappa shape index (κ1) is 15.0. The lowest BCUT2D eigenvalue weighted by Gasteiger charge is -2.15. The molecule has 104 valence electrons. The number of esters is 1. The summed E-state index contributed by atoms with van der Waals surface area (Å²) in [6.45, 7) is 1.41. The van der Waals surface area contributed by atoms with Crippen LogP contribution in [0.4, 0.5) is 13.2 Å². The molecule has 0 aliphatic rings. The van der Waals surface area contributed by atoms with E-state index >= 15 is 0 Å². The second-order valence-corrected chi connectivity index (χ2v) is 3.81. The minimum absolute atomic E-state index is 0.278. The maximum Gasteiger partial charge on any atom is 0.471 e. The Morgan fingerprint density at radius 3 is 2.16 bits per heavy atom. The third-order valence-corrected chi connectivity index (χ3v) is 2.44. The second kappa shape index (κ2) is 5.73. The van der Waals surface area contributed by atoms with Crippen LogP contribution in [0, 0.1) is 0 Å². The molecule has 1 aromatic carbocycles. The molecule has 1 atom stereocenters. The highest BCUT2D eigenvalue weighted by molar-refractivity contribution is 5.89. The normalized spacial score (nSPS) is 12.7. The lowest BCUT2D eigenvalue weighted by molar-refractivity contribution is -0.174. The molecule has 0 heterocycles. The number of rotatable bonds is 3. The predicted molar refractivity (Wildman–Crippen MR) is 60.4 cm³/mol. The maximum absolute atomic E-state index is 12.1. The van der Waals surface area contributed by atoms with Crippen molar-refractivity contribution in [2.24, 2.45) is 0 Å². The largest absolute Gasteiger partial charge is 0.471 e. The van der Waals surface area contributed by atoms with Gasteiger partial charge in [0.1, 0.15) is 0 Å². The average Bonchev–Trinajstić information content (AvgIpc) is 2.36. The second-order valence-electron chi connectivity index (χ2n) is 3.81. The van der Waals surface area contributed by atoms with Crippen LogP contribution in [-0.4, -0.2) is 25.2 Å². The van der Waals surface area contributed by atoms with E-state index in [0.29, 0.717) is 5.56 Å². The van der Waals surface area contributed by atoms with Crippen molar-refractivity contribution in [3.8, 4) is 0 Å². The molecule has 0 spiro atoms. The van der Waals surface area contributed by atoms with Crippen molar-refractivity contribution < 1.29 is 27.5 Å². The number of hydrogen-bond acceptors (Lipinski definition) is 3. The summed E-state index contributed by atoms with van der Waals surface area (Å²) >= 11 is 0. The number of benzene rings is 1. The number of carbonyl (C=O) groups excluding carboxylic acids is 2. The van der Waals surface area contributed by atoms with Crippen molar-refractivity contribution in [2.45, 2.75) is 19.1 Å². The molecule has 0 aromatic heterocycles. The number of methoxy groups -OCH3 is 1. The zero-order valence-electron chi connectivity index (χ0n) is 10.2. The Labute approximate surface area is 107 Å². The van der Waals surface area contributed by atoms with Gasteiger partial charge in [0.05, 0.1) is 18.7 Å². The molecule has 1 rings (SSSR count). The minimum Gasteiger partial charge on any atom is -0.465 e. The van der Waals surface area contributed by atoms with Crippen LogP contribution in [0.15, 0.2) is 24.3 Å². The fourth-order valence-electron chi connectivity index (χ4n) is 1.39. The molecule has 0 radical (unpaired) electrons. The van der Waals surface area contributed by atoms with Gasteiger partial charge in [-0.2, -0.15) is 13.2 Å². The van der Waals surface area contributed by atoms with E-state index in [4.69, 9.17) is 0 Å². The van der Waals surface area contributed by atoms with Crippen LogP contribution in [0.1, 0.15) is 28.9 Å². The number of ether oxygens (including phenoxy) is 1. The van der Waals surface area contributed by atoms with E-state index in [2.05, 4.69) is 4.74 Å². The summed E-state index contributed by atoms with van der Waals surface area (Å²) in [6.07, 6.45) is -4.92. The summed E-state index contributed by atoms with van der Waals surface area (Å²) in [7, 11) is 1.22. The molecule has 0 bridgehead atoms. The number of carbonyl (C=O) groups is 2. The van der Waals surface area contributed by atoms with E-state index in [-0.39, 0.29) is 5.56 Å². The summed E-state index contributed by atoms with van der Waals surface area (Å²) < 4.78 is 40.7. The average molecular weight is 275 g/mol. The quantitative estimate of drug-likeness (QED) is 0.860. The SMILES string of the molecule is COC(=O)c1ccc(C(C)NC(=O)C(F)(F)F)cc1. The van der Waals surface area contributed by atoms with E-state index < -0.39 is 24.1 Å². The molecule has 0 saturated carbocycles. The number of alkyl halides is 3. The third-order valence-electron chi connectivity index (χ3n) is 2.44. The van der Waals surface area contributed by atoms with Gasteiger partial charge in [0.25, 0.3) is 0 Å². The van der Waals surface area contributed by atoms with Crippen LogP contribution >= 0.6 is 0 Å². The Balaban J connectivity index is 2.76. The molecule has 0 saturated heterocycles. The van der Waals surface area contributed by atoms with Crippen LogP contribution in [0.5, 0.6) is 0 Å². The maximum atomic E-state index is 12.1. The molecule has 0 aliphatic heterocycles. The predicted octanol–water partition coefficient (Wildman–Crippen LogP) is 2.21. The van der Waals surface area contributed by atoms with Gasteiger partial charge >= 0.3 is 18.1 Å². The monoisotopic (exact) mass is 275 g/mol. The molecule has 7 heteroatoms. The Morgan fingerprint density at radius 1 is 1.21 bits per heavy atom. The van der Waals surface area contributed by atoms with E-state index in [0.717, 1.165) is 0 Å². The molecular formula is C12H12F3NO3. The van der Waals surface area contributed by atoms with Crippen molar-refractivity contribution in [1.29, 1.82) is 0 Å². The molecule has 4 nitrogen and oxygen atoms in total. The van der Waals surface area contributed by atoms with E-state index in [1.165, 1.54) is 38.3 Å². The highest BCUT2D eigenvalue weighted by Crippen LogP contribution is 2.19. The fraction of sp³-hybridized carbons (Fsp3) is 0.333. The summed E-state index contributed by atoms with van der Waals surface area (Å²) in [5.41, 5.74) is 0.728. The highest BCUT2D eigenvalue weighted by atomic mass is 19.4. The van der Waals surface area contributed by atoms with Crippen molar-refractivity contribution in [2.75, 3.05) is 7.11 Å². The Kier molecular flexibility index (Phi) is 4.52. The van der Waals surface area contributed by atoms with E-state index in [1.54, 1.807) is 0 Å². The molecule has 0 aliphatic carbocycles. The Bertz CT molecular complexity index is 468. The van der Waals surface area contributed by atoms with Crippen LogP contribution in [0.2, 0.25) is 0 Å². The van der Waals surface area contributed by atoms with Gasteiger partial charge in [-0.1, -0.05) is 12.1 Å². The zero-order valence-corrected chi connectivity index (χ0v) is 10.2. The van der Waals surface area contributed by atoms with Crippen molar-refractivity contribution in [1.82, 2.24) is 5.32 Å². The van der Waals surface area contributed by atoms with Crippen LogP contribution in [-0.2, 0) is 9.53 Å². The summed E-state index contributed by atoms with van der Waals surface area (Å²) in [6, 6.07) is 4.91. The Morgan fingerprint density at radius 2 is 1.74 bits per heavy atom. The first-order valence-corrected chi connectivity index (χ1v) is 5.31.